The van der Waals surface area contributed by atoms with Crippen LogP contribution in [-0.4, -0.2) is 56.8 Å². The Morgan fingerprint density at radius 2 is 1.97 bits per heavy atom. The molecule has 0 unspecified atom stereocenters. The Bertz CT molecular complexity index is 1150. The number of rotatable bonds is 7. The highest BCUT2D eigenvalue weighted by Gasteiger charge is 2.47. The number of imidazole rings is 1. The summed E-state index contributed by atoms with van der Waals surface area (Å²) in [7, 11) is 3.53. The van der Waals surface area contributed by atoms with Gasteiger partial charge in [-0.3, -0.25) is 9.69 Å². The van der Waals surface area contributed by atoms with Crippen molar-refractivity contribution >= 4 is 5.91 Å². The number of likely N-dealkylation sites (N-methyl/N-ethyl adjacent to an activating group) is 1. The topological polar surface area (TPSA) is 79.6 Å². The number of benzene rings is 2. The minimum atomic E-state index is -4.51. The third-order valence-electron chi connectivity index (χ3n) is 6.23. The summed E-state index contributed by atoms with van der Waals surface area (Å²) in [5.41, 5.74) is 0.536. The predicted octanol–water partition coefficient (Wildman–Crippen LogP) is 3.25. The number of carbonyl (C=O) groups excluding carboxylic acids is 1. The van der Waals surface area contributed by atoms with E-state index in [1.807, 2.05) is 42.3 Å². The Kier molecular flexibility index (Phi) is 7.13. The fourth-order valence-corrected chi connectivity index (χ4v) is 4.53. The molecule has 0 saturated heterocycles. The average Bonchev–Trinajstić information content (AvgIpc) is 3.37. The van der Waals surface area contributed by atoms with Crippen LogP contribution in [-0.2, 0) is 19.8 Å². The molecule has 1 fully saturated rings. The number of aliphatic hydroxyl groups is 1. The van der Waals surface area contributed by atoms with Crippen LogP contribution in [0.15, 0.2) is 67.1 Å². The number of nitrogens with one attached hydrogen (secondary N) is 1. The van der Waals surface area contributed by atoms with Crippen molar-refractivity contribution in [3.8, 4) is 5.75 Å². The minimum absolute atomic E-state index is 0.00643. The Hall–Kier alpha value is -3.37. The van der Waals surface area contributed by atoms with Gasteiger partial charge in [-0.15, -0.1) is 0 Å². The largest absolute Gasteiger partial charge is 0.488 e. The molecular formula is C25H27F3N4O3. The third kappa shape index (κ3) is 5.66. The lowest BCUT2D eigenvalue weighted by Crippen LogP contribution is -2.52. The van der Waals surface area contributed by atoms with E-state index in [0.717, 1.165) is 17.7 Å². The van der Waals surface area contributed by atoms with Gasteiger partial charge in [0.15, 0.2) is 0 Å². The maximum Gasteiger partial charge on any atom is 0.416 e. The van der Waals surface area contributed by atoms with Crippen molar-refractivity contribution in [2.24, 2.45) is 7.05 Å². The molecule has 0 bridgehead atoms. The van der Waals surface area contributed by atoms with Crippen LogP contribution >= 0.6 is 0 Å². The maximum atomic E-state index is 13.1. The molecule has 1 saturated carbocycles. The highest BCUT2D eigenvalue weighted by molar-refractivity contribution is 5.92. The van der Waals surface area contributed by atoms with Crippen molar-refractivity contribution in [3.63, 3.8) is 0 Å². The third-order valence-corrected chi connectivity index (χ3v) is 6.23. The first-order chi connectivity index (χ1) is 16.6. The summed E-state index contributed by atoms with van der Waals surface area (Å²) in [6, 6.07) is 13.2. The molecule has 7 nitrogen and oxygen atoms in total. The van der Waals surface area contributed by atoms with Crippen molar-refractivity contribution in [1.82, 2.24) is 19.8 Å². The van der Waals surface area contributed by atoms with E-state index in [0.29, 0.717) is 12.2 Å². The van der Waals surface area contributed by atoms with Gasteiger partial charge in [-0.2, -0.15) is 13.2 Å². The second-order valence-corrected chi connectivity index (χ2v) is 8.77. The lowest BCUT2D eigenvalue weighted by atomic mass is 10.1. The minimum Gasteiger partial charge on any atom is -0.488 e. The molecule has 1 heterocycles. The molecule has 1 aliphatic rings. The number of carbonyl (C=O) groups is 1. The molecule has 0 radical (unpaired) electrons. The number of alkyl halides is 3. The summed E-state index contributed by atoms with van der Waals surface area (Å²) < 4.78 is 46.8. The molecule has 1 aliphatic carbocycles. The number of aromatic nitrogens is 2. The highest BCUT2D eigenvalue weighted by atomic mass is 19.4. The summed E-state index contributed by atoms with van der Waals surface area (Å²) in [4.78, 5) is 18.8. The van der Waals surface area contributed by atoms with Gasteiger partial charge >= 0.3 is 6.18 Å². The van der Waals surface area contributed by atoms with Crippen LogP contribution in [0.1, 0.15) is 28.0 Å². The molecule has 0 spiro atoms. The van der Waals surface area contributed by atoms with E-state index in [4.69, 9.17) is 4.74 Å². The zero-order chi connectivity index (χ0) is 25.2. The number of amides is 1. The van der Waals surface area contributed by atoms with Gasteiger partial charge in [0.25, 0.3) is 5.91 Å². The molecular weight excluding hydrogens is 461 g/mol. The van der Waals surface area contributed by atoms with Crippen molar-refractivity contribution in [2.75, 3.05) is 7.05 Å². The van der Waals surface area contributed by atoms with Crippen molar-refractivity contribution in [2.45, 2.75) is 43.4 Å². The van der Waals surface area contributed by atoms with E-state index in [1.165, 1.54) is 24.7 Å². The van der Waals surface area contributed by atoms with Gasteiger partial charge in [-0.1, -0.05) is 36.4 Å². The number of nitrogens with zero attached hydrogens (tertiary/aromatic N) is 3. The summed E-state index contributed by atoms with van der Waals surface area (Å²) in [5, 5.41) is 14.2. The lowest BCUT2D eigenvalue weighted by Gasteiger charge is -2.32. The van der Waals surface area contributed by atoms with Crippen LogP contribution in [0.25, 0.3) is 0 Å². The highest BCUT2D eigenvalue weighted by Crippen LogP contribution is 2.34. The SMILES string of the molecule is CN(Cc1ccccc1)[C@@H]1[C@@H](O)[C@H](Oc2cccc(C(F)(F)F)c2)C[C@H]1NC(=O)c1cncn1C. The Balaban J connectivity index is 1.56. The molecule has 4 atom stereocenters. The Labute approximate surface area is 201 Å². The van der Waals surface area contributed by atoms with Crippen molar-refractivity contribution < 1.29 is 27.8 Å². The number of hydrogen-bond acceptors (Lipinski definition) is 5. The number of hydrogen-bond donors (Lipinski definition) is 2. The van der Waals surface area contributed by atoms with Gasteiger partial charge in [0.2, 0.25) is 0 Å². The van der Waals surface area contributed by atoms with Crippen LogP contribution in [0, 0.1) is 0 Å². The monoisotopic (exact) mass is 488 g/mol. The zero-order valence-corrected chi connectivity index (χ0v) is 19.3. The van der Waals surface area contributed by atoms with Crippen LogP contribution in [0.3, 0.4) is 0 Å². The van der Waals surface area contributed by atoms with Crippen LogP contribution in [0.2, 0.25) is 0 Å². The fourth-order valence-electron chi connectivity index (χ4n) is 4.53. The molecule has 186 valence electrons. The molecule has 3 aromatic rings. The normalized spacial score (nSPS) is 22.4. The molecule has 1 amide bonds. The standard InChI is InChI=1S/C25H27F3N4O3/c1-31(14-16-7-4-3-5-8-16)22-19(30-24(34)20-13-29-15-32(20)2)12-21(23(22)33)35-18-10-6-9-17(11-18)25(26,27)28/h3-11,13,15,19,21-23,33H,12,14H2,1-2H3,(H,30,34)/t19-,21-,22+,23+/m1/s1. The second-order valence-electron chi connectivity index (χ2n) is 8.77. The smallest absolute Gasteiger partial charge is 0.416 e. The molecule has 10 heteroatoms. The number of aliphatic hydroxyl groups excluding tert-OH is 1. The van der Waals surface area contributed by atoms with Gasteiger partial charge in [0, 0.05) is 20.0 Å². The number of aryl methyl sites for hydroxylation is 1. The van der Waals surface area contributed by atoms with E-state index in [9.17, 15) is 23.1 Å². The van der Waals surface area contributed by atoms with Crippen molar-refractivity contribution in [3.05, 3.63) is 83.9 Å². The summed E-state index contributed by atoms with van der Waals surface area (Å²) in [6.07, 6.45) is -3.22. The molecule has 2 aromatic carbocycles. The average molecular weight is 489 g/mol. The maximum absolute atomic E-state index is 13.1. The predicted molar refractivity (Wildman–Crippen MR) is 123 cm³/mol. The first-order valence-corrected chi connectivity index (χ1v) is 11.2. The summed E-state index contributed by atoms with van der Waals surface area (Å²) in [6.45, 7) is 0.497. The van der Waals surface area contributed by atoms with Gasteiger partial charge in [0.1, 0.15) is 23.7 Å². The van der Waals surface area contributed by atoms with E-state index in [1.54, 1.807) is 11.6 Å². The first kappa shape index (κ1) is 24.7. The van der Waals surface area contributed by atoms with E-state index < -0.39 is 36.0 Å². The molecule has 4 rings (SSSR count). The van der Waals surface area contributed by atoms with Crippen LogP contribution < -0.4 is 10.1 Å². The van der Waals surface area contributed by atoms with E-state index >= 15 is 0 Å². The zero-order valence-electron chi connectivity index (χ0n) is 19.3. The second kappa shape index (κ2) is 10.1. The van der Waals surface area contributed by atoms with E-state index in [2.05, 4.69) is 10.3 Å². The number of ether oxygens (including phenoxy) is 1. The first-order valence-electron chi connectivity index (χ1n) is 11.2. The Morgan fingerprint density at radius 1 is 1.23 bits per heavy atom. The Morgan fingerprint density at radius 3 is 2.63 bits per heavy atom. The summed E-state index contributed by atoms with van der Waals surface area (Å²) >= 11 is 0. The number of halogens is 3. The van der Waals surface area contributed by atoms with Crippen LogP contribution in [0.5, 0.6) is 5.75 Å². The van der Waals surface area contributed by atoms with Crippen molar-refractivity contribution in [1.29, 1.82) is 0 Å². The molecule has 0 aliphatic heterocycles. The molecule has 35 heavy (non-hydrogen) atoms. The fraction of sp³-hybridized carbons (Fsp3) is 0.360. The van der Waals surface area contributed by atoms with Crippen LogP contribution in [0.4, 0.5) is 13.2 Å². The van der Waals surface area contributed by atoms with Gasteiger partial charge in [0.05, 0.1) is 30.2 Å². The summed E-state index contributed by atoms with van der Waals surface area (Å²) in [5.74, 6) is -0.355. The molecule has 1 aromatic heterocycles. The molecule has 2 N–H and O–H groups in total. The van der Waals surface area contributed by atoms with Gasteiger partial charge in [-0.25, -0.2) is 4.98 Å². The van der Waals surface area contributed by atoms with E-state index in [-0.39, 0.29) is 18.1 Å². The van der Waals surface area contributed by atoms with Gasteiger partial charge in [-0.05, 0) is 30.8 Å². The van der Waals surface area contributed by atoms with Gasteiger partial charge < -0.3 is 19.7 Å². The quantitative estimate of drug-likeness (QED) is 0.534. The lowest BCUT2D eigenvalue weighted by molar-refractivity contribution is -0.137.